The van der Waals surface area contributed by atoms with E-state index in [1.807, 2.05) is 0 Å². The van der Waals surface area contributed by atoms with E-state index in [1.165, 1.54) is 0 Å². The third-order valence-electron chi connectivity index (χ3n) is 3.51. The van der Waals surface area contributed by atoms with Crippen molar-refractivity contribution in [1.82, 2.24) is 0 Å². The standard InChI is InChI=1S/C12H6O10S/c1-12(17,23(18,19)20)7-5-3(8(13)21-10(5)15)2-4-6(7)11(16)22-9(4)14/h2,17H,1H3,(H,18,19,20). The zero-order chi connectivity index (χ0) is 17.3. The lowest BCUT2D eigenvalue weighted by Crippen LogP contribution is -2.33. The summed E-state index contributed by atoms with van der Waals surface area (Å²) in [4.78, 5) is 43.6. The van der Waals surface area contributed by atoms with Crippen LogP contribution in [0.4, 0.5) is 0 Å². The minimum absolute atomic E-state index is 0.528. The zero-order valence-electron chi connectivity index (χ0n) is 11.1. The SMILES string of the molecule is CC(O)(c1c2c(=O)oc(=O)c2cc2c(=O)oc(=O)c12)S(=O)(=O)O. The Morgan fingerprint density at radius 2 is 1.30 bits per heavy atom. The summed E-state index contributed by atoms with van der Waals surface area (Å²) in [5.74, 6) is 0. The molecule has 10 nitrogen and oxygen atoms in total. The molecule has 0 radical (unpaired) electrons. The van der Waals surface area contributed by atoms with Crippen LogP contribution >= 0.6 is 0 Å². The lowest BCUT2D eigenvalue weighted by atomic mass is 9.98. The average Bonchev–Trinajstić information content (AvgIpc) is 2.85. The largest absolute Gasteiger partial charge is 0.386 e. The molecule has 2 heterocycles. The third-order valence-corrected chi connectivity index (χ3v) is 4.72. The van der Waals surface area contributed by atoms with Gasteiger partial charge in [0.15, 0.2) is 0 Å². The van der Waals surface area contributed by atoms with E-state index in [0.717, 1.165) is 6.07 Å². The van der Waals surface area contributed by atoms with Gasteiger partial charge < -0.3 is 13.9 Å². The molecule has 0 amide bonds. The topological polar surface area (TPSA) is 169 Å². The quantitative estimate of drug-likeness (QED) is 0.525. The third kappa shape index (κ3) is 1.84. The van der Waals surface area contributed by atoms with Crippen molar-refractivity contribution in [1.29, 1.82) is 0 Å². The lowest BCUT2D eigenvalue weighted by molar-refractivity contribution is 0.135. The summed E-state index contributed by atoms with van der Waals surface area (Å²) in [5, 5.41) is 7.66. The first-order chi connectivity index (χ1) is 10.5. The molecule has 0 aliphatic heterocycles. The fraction of sp³-hybridized carbons (Fsp3) is 0.167. The highest BCUT2D eigenvalue weighted by atomic mass is 32.2. The molecule has 1 atom stereocenters. The van der Waals surface area contributed by atoms with Gasteiger partial charge in [-0.2, -0.15) is 8.42 Å². The monoisotopic (exact) mass is 342 g/mol. The molecule has 1 aromatic carbocycles. The average molecular weight is 342 g/mol. The van der Waals surface area contributed by atoms with Crippen molar-refractivity contribution in [3.05, 3.63) is 53.3 Å². The molecule has 0 aliphatic rings. The summed E-state index contributed by atoms with van der Waals surface area (Å²) in [7, 11) is -5.26. The van der Waals surface area contributed by atoms with E-state index in [9.17, 15) is 37.3 Å². The van der Waals surface area contributed by atoms with Gasteiger partial charge in [-0.15, -0.1) is 0 Å². The van der Waals surface area contributed by atoms with E-state index in [4.69, 9.17) is 0 Å². The summed E-state index contributed by atoms with van der Waals surface area (Å²) >= 11 is 0. The highest BCUT2D eigenvalue weighted by molar-refractivity contribution is 7.86. The minimum Gasteiger partial charge on any atom is -0.386 e. The zero-order valence-corrected chi connectivity index (χ0v) is 12.0. The second-order valence-electron chi connectivity index (χ2n) is 4.91. The molecule has 11 heteroatoms. The molecule has 3 aromatic rings. The maximum absolute atomic E-state index is 11.8. The van der Waals surface area contributed by atoms with Crippen molar-refractivity contribution >= 4 is 31.7 Å². The predicted molar refractivity (Wildman–Crippen MR) is 74.6 cm³/mol. The fourth-order valence-corrected chi connectivity index (χ4v) is 2.86. The van der Waals surface area contributed by atoms with E-state index in [1.54, 1.807) is 0 Å². The van der Waals surface area contributed by atoms with E-state index in [-0.39, 0.29) is 0 Å². The van der Waals surface area contributed by atoms with Gasteiger partial charge in [-0.05, 0) is 13.0 Å². The molecule has 2 aromatic heterocycles. The number of fused-ring (bicyclic) bond motifs is 2. The van der Waals surface area contributed by atoms with Gasteiger partial charge >= 0.3 is 22.5 Å². The molecule has 120 valence electrons. The van der Waals surface area contributed by atoms with Crippen molar-refractivity contribution in [3.63, 3.8) is 0 Å². The Hall–Kier alpha value is -2.63. The number of benzene rings is 1. The van der Waals surface area contributed by atoms with Crippen molar-refractivity contribution in [3.8, 4) is 0 Å². The molecule has 2 N–H and O–H groups in total. The van der Waals surface area contributed by atoms with Crippen LogP contribution in [0.3, 0.4) is 0 Å². The Balaban J connectivity index is 2.82. The first-order valence-electron chi connectivity index (χ1n) is 5.90. The van der Waals surface area contributed by atoms with Crippen LogP contribution in [0.15, 0.2) is 34.1 Å². The van der Waals surface area contributed by atoms with Gasteiger partial charge in [-0.25, -0.2) is 19.2 Å². The van der Waals surface area contributed by atoms with Gasteiger partial charge in [0, 0.05) is 5.56 Å². The molecular formula is C12H6O10S. The van der Waals surface area contributed by atoms with E-state index >= 15 is 0 Å². The van der Waals surface area contributed by atoms with Crippen LogP contribution < -0.4 is 22.5 Å². The number of hydrogen-bond donors (Lipinski definition) is 2. The Kier molecular flexibility index (Phi) is 2.80. The molecule has 0 saturated carbocycles. The Bertz CT molecular complexity index is 1200. The van der Waals surface area contributed by atoms with Crippen LogP contribution in [0.25, 0.3) is 21.5 Å². The normalized spacial score (nSPS) is 15.3. The highest BCUT2D eigenvalue weighted by Crippen LogP contribution is 2.34. The van der Waals surface area contributed by atoms with Gasteiger partial charge in [0.05, 0.1) is 21.5 Å². The number of hydrogen-bond acceptors (Lipinski definition) is 9. The van der Waals surface area contributed by atoms with Gasteiger partial charge in [-0.1, -0.05) is 0 Å². The summed E-state index contributed by atoms with van der Waals surface area (Å²) < 4.78 is 40.7. The van der Waals surface area contributed by atoms with Crippen molar-refractivity contribution in [2.24, 2.45) is 0 Å². The first-order valence-corrected chi connectivity index (χ1v) is 7.34. The molecular weight excluding hydrogens is 336 g/mol. The van der Waals surface area contributed by atoms with E-state index in [2.05, 4.69) is 8.83 Å². The van der Waals surface area contributed by atoms with Crippen molar-refractivity contribution in [2.45, 2.75) is 11.9 Å². The highest BCUT2D eigenvalue weighted by Gasteiger charge is 2.43. The van der Waals surface area contributed by atoms with E-state index < -0.39 is 64.7 Å². The molecule has 0 saturated heterocycles. The van der Waals surface area contributed by atoms with Crippen molar-refractivity contribution in [2.75, 3.05) is 0 Å². The Labute approximate surface area is 124 Å². The smallest absolute Gasteiger partial charge is 0.347 e. The van der Waals surface area contributed by atoms with Crippen LogP contribution in [0.5, 0.6) is 0 Å². The molecule has 3 rings (SSSR count). The number of aliphatic hydroxyl groups is 1. The van der Waals surface area contributed by atoms with Crippen LogP contribution in [0.1, 0.15) is 12.5 Å². The molecule has 23 heavy (non-hydrogen) atoms. The molecule has 0 aliphatic carbocycles. The van der Waals surface area contributed by atoms with Crippen molar-refractivity contribution < 1.29 is 26.9 Å². The maximum atomic E-state index is 11.8. The molecule has 1 unspecified atom stereocenters. The van der Waals surface area contributed by atoms with Gasteiger partial charge in [0.1, 0.15) is 0 Å². The predicted octanol–water partition coefficient (Wildman–Crippen LogP) is -1.45. The summed E-state index contributed by atoms with van der Waals surface area (Å²) in [5.41, 5.74) is -6.02. The lowest BCUT2D eigenvalue weighted by Gasteiger charge is -2.20. The Morgan fingerprint density at radius 3 is 1.65 bits per heavy atom. The van der Waals surface area contributed by atoms with E-state index in [0.29, 0.717) is 6.92 Å². The summed E-state index contributed by atoms with van der Waals surface area (Å²) in [6.07, 6.45) is 0. The summed E-state index contributed by atoms with van der Waals surface area (Å²) in [6.45, 7) is 0.574. The Morgan fingerprint density at radius 1 is 0.913 bits per heavy atom. The number of furan rings is 2. The summed E-state index contributed by atoms with van der Waals surface area (Å²) in [6, 6.07) is 0.828. The van der Waals surface area contributed by atoms with Gasteiger partial charge in [0.2, 0.25) is 4.93 Å². The van der Waals surface area contributed by atoms with Crippen LogP contribution in [-0.2, 0) is 15.1 Å². The van der Waals surface area contributed by atoms with Crippen LogP contribution in [0, 0.1) is 0 Å². The number of rotatable bonds is 2. The van der Waals surface area contributed by atoms with Gasteiger partial charge in [-0.3, -0.25) is 4.55 Å². The van der Waals surface area contributed by atoms with Gasteiger partial charge in [0.25, 0.3) is 10.1 Å². The molecule has 0 fully saturated rings. The first kappa shape index (κ1) is 15.3. The fourth-order valence-electron chi connectivity index (χ4n) is 2.40. The second-order valence-corrected chi connectivity index (χ2v) is 6.65. The second kappa shape index (κ2) is 4.22. The minimum atomic E-state index is -5.26. The van der Waals surface area contributed by atoms with Crippen LogP contribution in [-0.4, -0.2) is 18.1 Å². The molecule has 0 bridgehead atoms. The maximum Gasteiger partial charge on any atom is 0.347 e. The molecule has 0 spiro atoms. The van der Waals surface area contributed by atoms with Crippen LogP contribution in [0.2, 0.25) is 0 Å².